The Labute approximate surface area is 140 Å². The van der Waals surface area contributed by atoms with Gasteiger partial charge in [-0.1, -0.05) is 0 Å². The summed E-state index contributed by atoms with van der Waals surface area (Å²) >= 11 is 0. The predicted molar refractivity (Wildman–Crippen MR) is 86.0 cm³/mol. The van der Waals surface area contributed by atoms with E-state index < -0.39 is 18.5 Å². The van der Waals surface area contributed by atoms with E-state index >= 15 is 0 Å². The van der Waals surface area contributed by atoms with Gasteiger partial charge in [-0.05, 0) is 24.1 Å². The molecule has 0 bridgehead atoms. The highest BCUT2D eigenvalue weighted by molar-refractivity contribution is 6.05. The topological polar surface area (TPSA) is 61.9 Å². The fraction of sp³-hybridized carbons (Fsp3) is 0.353. The zero-order valence-corrected chi connectivity index (χ0v) is 13.2. The van der Waals surface area contributed by atoms with Crippen LogP contribution in [0.25, 0.3) is 21.9 Å². The van der Waals surface area contributed by atoms with E-state index in [0.717, 1.165) is 21.9 Å². The second-order valence-electron chi connectivity index (χ2n) is 6.28. The molecule has 4 rings (SSSR count). The number of halogens is 3. The molecule has 4 heterocycles. The molecule has 130 valence electrons. The van der Waals surface area contributed by atoms with Gasteiger partial charge in [0.25, 0.3) is 0 Å². The van der Waals surface area contributed by atoms with Crippen molar-refractivity contribution >= 4 is 27.8 Å². The summed E-state index contributed by atoms with van der Waals surface area (Å²) in [5.74, 6) is -0.863. The van der Waals surface area contributed by atoms with Gasteiger partial charge in [0.05, 0.1) is 11.7 Å². The summed E-state index contributed by atoms with van der Waals surface area (Å²) in [6.07, 6.45) is -0.0495. The summed E-state index contributed by atoms with van der Waals surface area (Å²) in [6.45, 7) is 0.638. The third-order valence-corrected chi connectivity index (χ3v) is 4.66. The SMILES string of the molecule is O=C(CC(F)(F)F)N1CC[C@@H](c2cc[nH]c3cnc4nccc4c23)C1. The number of carbonyl (C=O) groups is 1. The number of nitrogens with one attached hydrogen (secondary N) is 1. The van der Waals surface area contributed by atoms with Crippen LogP contribution in [0.15, 0.2) is 30.7 Å². The quantitative estimate of drug-likeness (QED) is 0.772. The fourth-order valence-corrected chi connectivity index (χ4v) is 3.55. The van der Waals surface area contributed by atoms with Gasteiger partial charge in [0, 0.05) is 42.2 Å². The number of likely N-dealkylation sites (tertiary alicyclic amines) is 1. The highest BCUT2D eigenvalue weighted by Gasteiger charge is 2.36. The highest BCUT2D eigenvalue weighted by atomic mass is 19.4. The number of rotatable bonds is 2. The van der Waals surface area contributed by atoms with Crippen molar-refractivity contribution in [3.63, 3.8) is 0 Å². The lowest BCUT2D eigenvalue weighted by Crippen LogP contribution is -2.32. The number of H-pyrrole nitrogens is 1. The zero-order chi connectivity index (χ0) is 17.6. The number of alkyl halides is 3. The molecular weight excluding hydrogens is 333 g/mol. The summed E-state index contributed by atoms with van der Waals surface area (Å²) in [5, 5.41) is 1.88. The van der Waals surface area contributed by atoms with Gasteiger partial charge in [-0.3, -0.25) is 4.79 Å². The van der Waals surface area contributed by atoms with E-state index in [9.17, 15) is 18.0 Å². The first-order chi connectivity index (χ1) is 11.9. The maximum atomic E-state index is 12.5. The van der Waals surface area contributed by atoms with E-state index in [1.54, 1.807) is 18.6 Å². The smallest absolute Gasteiger partial charge is 0.360 e. The summed E-state index contributed by atoms with van der Waals surface area (Å²) < 4.78 is 37.4. The number of hydrogen-bond acceptors (Lipinski definition) is 3. The molecule has 1 saturated heterocycles. The van der Waals surface area contributed by atoms with Crippen molar-refractivity contribution in [2.75, 3.05) is 13.1 Å². The lowest BCUT2D eigenvalue weighted by Gasteiger charge is -2.18. The van der Waals surface area contributed by atoms with Gasteiger partial charge in [0.2, 0.25) is 5.91 Å². The third-order valence-electron chi connectivity index (χ3n) is 4.66. The van der Waals surface area contributed by atoms with Gasteiger partial charge >= 0.3 is 6.18 Å². The number of nitrogens with zero attached hydrogens (tertiary/aromatic N) is 3. The van der Waals surface area contributed by atoms with Crippen LogP contribution < -0.4 is 0 Å². The lowest BCUT2D eigenvalue weighted by molar-refractivity contribution is -0.160. The van der Waals surface area contributed by atoms with Crippen LogP contribution in [-0.2, 0) is 4.79 Å². The van der Waals surface area contributed by atoms with Crippen LogP contribution in [-0.4, -0.2) is 45.0 Å². The van der Waals surface area contributed by atoms with Gasteiger partial charge in [0.15, 0.2) is 5.65 Å². The number of amides is 1. The number of aromatic amines is 1. The van der Waals surface area contributed by atoms with Crippen LogP contribution in [0.2, 0.25) is 0 Å². The Hall–Kier alpha value is -2.64. The number of pyridine rings is 2. The van der Waals surface area contributed by atoms with E-state index in [-0.39, 0.29) is 5.92 Å². The molecule has 1 fully saturated rings. The molecule has 5 nitrogen and oxygen atoms in total. The summed E-state index contributed by atoms with van der Waals surface area (Å²) in [6, 6.07) is 3.81. The van der Waals surface area contributed by atoms with Crippen molar-refractivity contribution in [2.45, 2.75) is 24.9 Å². The van der Waals surface area contributed by atoms with Crippen LogP contribution in [0, 0.1) is 0 Å². The molecule has 0 spiro atoms. The highest BCUT2D eigenvalue weighted by Crippen LogP contribution is 2.35. The molecule has 25 heavy (non-hydrogen) atoms. The average Bonchev–Trinajstić information content (AvgIpc) is 3.22. The molecule has 0 unspecified atom stereocenters. The predicted octanol–water partition coefficient (Wildman–Crippen LogP) is 3.38. The molecule has 0 saturated carbocycles. The Balaban J connectivity index is 1.67. The molecule has 1 atom stereocenters. The van der Waals surface area contributed by atoms with Crippen LogP contribution in [0.4, 0.5) is 13.2 Å². The van der Waals surface area contributed by atoms with E-state index in [2.05, 4.69) is 15.0 Å². The standard InChI is InChI=1S/C17H15F3N4O/c18-17(19,20)7-14(25)24-6-3-10(9-24)11-1-4-21-13-8-23-16-12(15(11)13)2-5-22-16/h1-2,4-5,8,10,21H,3,6-7,9H2/t10-/m1/s1. The summed E-state index contributed by atoms with van der Waals surface area (Å²) in [4.78, 5) is 24.8. The molecule has 1 aliphatic heterocycles. The molecule has 1 aliphatic rings. The largest absolute Gasteiger partial charge is 0.397 e. The molecule has 0 aliphatic carbocycles. The van der Waals surface area contributed by atoms with Crippen molar-refractivity contribution in [1.29, 1.82) is 0 Å². The van der Waals surface area contributed by atoms with Gasteiger partial charge < -0.3 is 9.88 Å². The molecular formula is C17H15F3N4O. The minimum atomic E-state index is -4.47. The minimum Gasteiger partial charge on any atom is -0.360 e. The molecule has 1 amide bonds. The molecule has 0 radical (unpaired) electrons. The van der Waals surface area contributed by atoms with Gasteiger partial charge in [-0.25, -0.2) is 9.97 Å². The van der Waals surface area contributed by atoms with Crippen LogP contribution in [0.3, 0.4) is 0 Å². The number of carbonyl (C=O) groups excluding carboxylic acids is 1. The number of fused-ring (bicyclic) bond motifs is 3. The maximum Gasteiger partial charge on any atom is 0.397 e. The van der Waals surface area contributed by atoms with Gasteiger partial charge in [-0.2, -0.15) is 13.2 Å². The monoisotopic (exact) mass is 348 g/mol. The third kappa shape index (κ3) is 2.92. The molecule has 3 aromatic heterocycles. The molecule has 1 N–H and O–H groups in total. The minimum absolute atomic E-state index is 0.00483. The first kappa shape index (κ1) is 15.9. The molecule has 0 aromatic carbocycles. The normalized spacial score (nSPS) is 18.4. The molecule has 8 heteroatoms. The Morgan fingerprint density at radius 2 is 2.16 bits per heavy atom. The van der Waals surface area contributed by atoms with E-state index in [0.29, 0.717) is 25.2 Å². The van der Waals surface area contributed by atoms with Crippen molar-refractivity contribution in [3.8, 4) is 0 Å². The Bertz CT molecular complexity index is 950. The van der Waals surface area contributed by atoms with Crippen molar-refractivity contribution in [1.82, 2.24) is 19.9 Å². The molecule has 3 aromatic rings. The van der Waals surface area contributed by atoms with Gasteiger partial charge in [-0.15, -0.1) is 0 Å². The van der Waals surface area contributed by atoms with Crippen molar-refractivity contribution in [3.05, 3.63) is 36.3 Å². The first-order valence-corrected chi connectivity index (χ1v) is 7.97. The number of hydrogen-bond donors (Lipinski definition) is 1. The fourth-order valence-electron chi connectivity index (χ4n) is 3.55. The van der Waals surface area contributed by atoms with E-state index in [1.165, 1.54) is 4.90 Å². The van der Waals surface area contributed by atoms with Crippen LogP contribution in [0.1, 0.15) is 24.3 Å². The second-order valence-corrected chi connectivity index (χ2v) is 6.28. The summed E-state index contributed by atoms with van der Waals surface area (Å²) in [5.41, 5.74) is 2.49. The van der Waals surface area contributed by atoms with Crippen LogP contribution >= 0.6 is 0 Å². The zero-order valence-electron chi connectivity index (χ0n) is 13.2. The maximum absolute atomic E-state index is 12.5. The van der Waals surface area contributed by atoms with E-state index in [4.69, 9.17) is 0 Å². The Morgan fingerprint density at radius 1 is 1.32 bits per heavy atom. The van der Waals surface area contributed by atoms with Gasteiger partial charge in [0.1, 0.15) is 6.42 Å². The second kappa shape index (κ2) is 5.72. The number of aromatic nitrogens is 3. The van der Waals surface area contributed by atoms with Crippen LogP contribution in [0.5, 0.6) is 0 Å². The van der Waals surface area contributed by atoms with Crippen molar-refractivity contribution < 1.29 is 18.0 Å². The average molecular weight is 348 g/mol. The Morgan fingerprint density at radius 3 is 2.96 bits per heavy atom. The van der Waals surface area contributed by atoms with Crippen molar-refractivity contribution in [2.24, 2.45) is 0 Å². The van der Waals surface area contributed by atoms with E-state index in [1.807, 2.05) is 12.1 Å². The lowest BCUT2D eigenvalue weighted by atomic mass is 9.94. The first-order valence-electron chi connectivity index (χ1n) is 7.97. The summed E-state index contributed by atoms with van der Waals surface area (Å²) in [7, 11) is 0. The Kier molecular flexibility index (Phi) is 3.63.